The highest BCUT2D eigenvalue weighted by molar-refractivity contribution is 5.68. The number of nitrogens with zero attached hydrogens (tertiary/aromatic N) is 1. The smallest absolute Gasteiger partial charge is 0.410 e. The summed E-state index contributed by atoms with van der Waals surface area (Å²) in [5, 5.41) is 3.61. The zero-order chi connectivity index (χ0) is 16.2. The van der Waals surface area contributed by atoms with E-state index in [4.69, 9.17) is 9.47 Å². The second-order valence-corrected chi connectivity index (χ2v) is 7.64. The zero-order valence-electron chi connectivity index (χ0n) is 14.6. The van der Waals surface area contributed by atoms with E-state index in [1.165, 1.54) is 25.7 Å². The molecule has 2 rings (SSSR count). The number of amides is 1. The predicted octanol–water partition coefficient (Wildman–Crippen LogP) is 2.79. The van der Waals surface area contributed by atoms with Crippen molar-refractivity contribution in [2.24, 2.45) is 5.92 Å². The van der Waals surface area contributed by atoms with Crippen LogP contribution >= 0.6 is 0 Å². The third-order valence-corrected chi connectivity index (χ3v) is 4.64. The van der Waals surface area contributed by atoms with Crippen molar-refractivity contribution in [1.29, 1.82) is 0 Å². The SMILES string of the molecule is CC(NCC1COCCN1C(=O)OC(C)(C)C)C1CCCC1. The Morgan fingerprint density at radius 2 is 2.05 bits per heavy atom. The summed E-state index contributed by atoms with van der Waals surface area (Å²) in [6, 6.07) is 0.567. The van der Waals surface area contributed by atoms with Crippen LogP contribution in [0.3, 0.4) is 0 Å². The van der Waals surface area contributed by atoms with Crippen molar-refractivity contribution in [2.45, 2.75) is 71.1 Å². The molecule has 128 valence electrons. The van der Waals surface area contributed by atoms with Crippen LogP contribution in [0.5, 0.6) is 0 Å². The minimum Gasteiger partial charge on any atom is -0.444 e. The van der Waals surface area contributed by atoms with E-state index in [2.05, 4.69) is 12.2 Å². The Morgan fingerprint density at radius 3 is 2.68 bits per heavy atom. The quantitative estimate of drug-likeness (QED) is 0.867. The maximum Gasteiger partial charge on any atom is 0.410 e. The van der Waals surface area contributed by atoms with E-state index < -0.39 is 5.60 Å². The van der Waals surface area contributed by atoms with Gasteiger partial charge in [0.05, 0.1) is 19.3 Å². The summed E-state index contributed by atoms with van der Waals surface area (Å²) in [6.07, 6.45) is 5.13. The van der Waals surface area contributed by atoms with Gasteiger partial charge >= 0.3 is 6.09 Å². The number of ether oxygens (including phenoxy) is 2. The van der Waals surface area contributed by atoms with Gasteiger partial charge in [-0.25, -0.2) is 4.79 Å². The van der Waals surface area contributed by atoms with Gasteiger partial charge < -0.3 is 14.8 Å². The summed E-state index contributed by atoms with van der Waals surface area (Å²) in [7, 11) is 0. The third-order valence-electron chi connectivity index (χ3n) is 4.64. The standard InChI is InChI=1S/C17H32N2O3/c1-13(14-7-5-6-8-14)18-11-15-12-21-10-9-19(15)16(20)22-17(2,3)4/h13-15,18H,5-12H2,1-4H3. The molecule has 2 atom stereocenters. The van der Waals surface area contributed by atoms with Crippen LogP contribution in [0.25, 0.3) is 0 Å². The van der Waals surface area contributed by atoms with Gasteiger partial charge in [0.1, 0.15) is 5.60 Å². The van der Waals surface area contributed by atoms with Gasteiger partial charge in [0, 0.05) is 19.1 Å². The molecule has 1 aliphatic heterocycles. The summed E-state index contributed by atoms with van der Waals surface area (Å²) in [5.74, 6) is 0.777. The molecule has 22 heavy (non-hydrogen) atoms. The molecular weight excluding hydrogens is 280 g/mol. The number of hydrogen-bond donors (Lipinski definition) is 1. The van der Waals surface area contributed by atoms with Crippen LogP contribution in [0, 0.1) is 5.92 Å². The summed E-state index contributed by atoms with van der Waals surface area (Å²) in [4.78, 5) is 14.2. The van der Waals surface area contributed by atoms with Crippen molar-refractivity contribution in [2.75, 3.05) is 26.3 Å². The number of carbonyl (C=O) groups is 1. The van der Waals surface area contributed by atoms with E-state index >= 15 is 0 Å². The fraction of sp³-hybridized carbons (Fsp3) is 0.941. The molecule has 5 nitrogen and oxygen atoms in total. The van der Waals surface area contributed by atoms with Crippen molar-refractivity contribution >= 4 is 6.09 Å². The van der Waals surface area contributed by atoms with Crippen LogP contribution in [-0.4, -0.2) is 55.0 Å². The molecule has 0 aromatic heterocycles. The van der Waals surface area contributed by atoms with Crippen molar-refractivity contribution in [1.82, 2.24) is 10.2 Å². The van der Waals surface area contributed by atoms with Gasteiger partial charge in [-0.3, -0.25) is 4.90 Å². The van der Waals surface area contributed by atoms with Gasteiger partial charge in [0.25, 0.3) is 0 Å². The lowest BCUT2D eigenvalue weighted by Gasteiger charge is -2.37. The minimum absolute atomic E-state index is 0.0625. The second kappa shape index (κ2) is 7.64. The molecule has 1 saturated carbocycles. The summed E-state index contributed by atoms with van der Waals surface area (Å²) >= 11 is 0. The van der Waals surface area contributed by atoms with Gasteiger partial charge in [0.15, 0.2) is 0 Å². The summed E-state index contributed by atoms with van der Waals surface area (Å²) < 4.78 is 11.1. The molecule has 0 aromatic carbocycles. The number of morpholine rings is 1. The lowest BCUT2D eigenvalue weighted by molar-refractivity contribution is -0.0324. The lowest BCUT2D eigenvalue weighted by atomic mass is 9.99. The first-order valence-corrected chi connectivity index (χ1v) is 8.67. The zero-order valence-corrected chi connectivity index (χ0v) is 14.6. The normalized spacial score (nSPS) is 25.3. The van der Waals surface area contributed by atoms with Crippen molar-refractivity contribution < 1.29 is 14.3 Å². The van der Waals surface area contributed by atoms with E-state index in [-0.39, 0.29) is 12.1 Å². The van der Waals surface area contributed by atoms with Gasteiger partial charge in [-0.1, -0.05) is 12.8 Å². The van der Waals surface area contributed by atoms with Crippen LogP contribution in [-0.2, 0) is 9.47 Å². The molecule has 1 saturated heterocycles. The highest BCUT2D eigenvalue weighted by atomic mass is 16.6. The van der Waals surface area contributed by atoms with Gasteiger partial charge in [-0.05, 0) is 46.5 Å². The fourth-order valence-electron chi connectivity index (χ4n) is 3.33. The topological polar surface area (TPSA) is 50.8 Å². The highest BCUT2D eigenvalue weighted by Gasteiger charge is 2.31. The minimum atomic E-state index is -0.454. The van der Waals surface area contributed by atoms with E-state index in [0.29, 0.717) is 25.8 Å². The molecule has 2 aliphatic rings. The maximum absolute atomic E-state index is 12.3. The Kier molecular flexibility index (Phi) is 6.09. The number of nitrogens with one attached hydrogen (secondary N) is 1. The molecule has 1 N–H and O–H groups in total. The molecule has 0 bridgehead atoms. The largest absolute Gasteiger partial charge is 0.444 e. The van der Waals surface area contributed by atoms with E-state index in [1.54, 1.807) is 0 Å². The molecule has 2 unspecified atom stereocenters. The average molecular weight is 312 g/mol. The highest BCUT2D eigenvalue weighted by Crippen LogP contribution is 2.27. The van der Waals surface area contributed by atoms with Crippen LogP contribution in [0.1, 0.15) is 53.4 Å². The van der Waals surface area contributed by atoms with E-state index in [0.717, 1.165) is 12.5 Å². The van der Waals surface area contributed by atoms with Crippen LogP contribution in [0.15, 0.2) is 0 Å². The Labute approximate surface area is 134 Å². The molecule has 0 radical (unpaired) electrons. The molecule has 2 fully saturated rings. The third kappa shape index (κ3) is 5.13. The first-order chi connectivity index (χ1) is 10.4. The number of hydrogen-bond acceptors (Lipinski definition) is 4. The monoisotopic (exact) mass is 312 g/mol. The molecule has 1 aliphatic carbocycles. The van der Waals surface area contributed by atoms with Crippen molar-refractivity contribution in [3.05, 3.63) is 0 Å². The second-order valence-electron chi connectivity index (χ2n) is 7.64. The first kappa shape index (κ1) is 17.5. The van der Waals surface area contributed by atoms with Gasteiger partial charge in [-0.15, -0.1) is 0 Å². The molecule has 5 heteroatoms. The molecule has 0 aromatic rings. The molecule has 1 heterocycles. The Hall–Kier alpha value is -0.810. The van der Waals surface area contributed by atoms with Gasteiger partial charge in [0.2, 0.25) is 0 Å². The number of carbonyl (C=O) groups excluding carboxylic acids is 1. The Morgan fingerprint density at radius 1 is 1.36 bits per heavy atom. The lowest BCUT2D eigenvalue weighted by Crippen LogP contribution is -2.55. The number of rotatable bonds is 4. The maximum atomic E-state index is 12.3. The Bertz CT molecular complexity index is 361. The first-order valence-electron chi connectivity index (χ1n) is 8.67. The van der Waals surface area contributed by atoms with Crippen molar-refractivity contribution in [3.63, 3.8) is 0 Å². The van der Waals surface area contributed by atoms with E-state index in [1.807, 2.05) is 25.7 Å². The van der Waals surface area contributed by atoms with Crippen LogP contribution in [0.4, 0.5) is 4.79 Å². The van der Waals surface area contributed by atoms with Gasteiger partial charge in [-0.2, -0.15) is 0 Å². The molecule has 0 spiro atoms. The fourth-order valence-corrected chi connectivity index (χ4v) is 3.33. The van der Waals surface area contributed by atoms with E-state index in [9.17, 15) is 4.79 Å². The Balaban J connectivity index is 1.85. The molecule has 1 amide bonds. The summed E-state index contributed by atoms with van der Waals surface area (Å²) in [5.41, 5.74) is -0.454. The van der Waals surface area contributed by atoms with Crippen molar-refractivity contribution in [3.8, 4) is 0 Å². The van der Waals surface area contributed by atoms with Crippen LogP contribution in [0.2, 0.25) is 0 Å². The predicted molar refractivity (Wildman–Crippen MR) is 87.0 cm³/mol. The average Bonchev–Trinajstić information content (AvgIpc) is 2.97. The molecular formula is C17H32N2O3. The summed E-state index contributed by atoms with van der Waals surface area (Å²) in [6.45, 7) is 10.5. The van der Waals surface area contributed by atoms with Crippen LogP contribution < -0.4 is 5.32 Å².